The minimum Gasteiger partial charge on any atom is -0.367 e. The summed E-state index contributed by atoms with van der Waals surface area (Å²) in [6.07, 6.45) is 10.4. The third kappa shape index (κ3) is 2.88. The predicted molar refractivity (Wildman–Crippen MR) is 99.3 cm³/mol. The smallest absolute Gasteiger partial charge is 0.128 e. The molecule has 4 heteroatoms. The van der Waals surface area contributed by atoms with E-state index in [-0.39, 0.29) is 0 Å². The van der Waals surface area contributed by atoms with E-state index < -0.39 is 0 Å². The van der Waals surface area contributed by atoms with Gasteiger partial charge in [0.1, 0.15) is 5.82 Å². The van der Waals surface area contributed by atoms with Gasteiger partial charge in [-0.25, -0.2) is 4.98 Å². The molecule has 4 rings (SSSR count). The van der Waals surface area contributed by atoms with Crippen molar-refractivity contribution in [1.82, 2.24) is 15.0 Å². The van der Waals surface area contributed by atoms with E-state index in [0.29, 0.717) is 6.04 Å². The summed E-state index contributed by atoms with van der Waals surface area (Å²) in [6, 6.07) is 6.89. The average Bonchev–Trinajstić information content (AvgIpc) is 2.92. The molecule has 0 atom stereocenters. The molecular formula is C20H24N4. The number of pyridine rings is 2. The summed E-state index contributed by atoms with van der Waals surface area (Å²) in [7, 11) is 0. The number of aryl methyl sites for hydroxylation is 2. The number of rotatable bonds is 3. The van der Waals surface area contributed by atoms with Gasteiger partial charge in [0.15, 0.2) is 0 Å². The fourth-order valence-electron chi connectivity index (χ4n) is 3.75. The first-order valence-electron chi connectivity index (χ1n) is 8.88. The standard InChI is InChI=1S/C20H24N4/c1-13-10-15(8-9-21-13)20-14(2)17-12-22-19(11-18(17)24-20)23-16-6-4-3-5-7-16/h8-12,16,24H,3-7H2,1-2H3,(H,22,23). The molecule has 0 aliphatic heterocycles. The lowest BCUT2D eigenvalue weighted by molar-refractivity contribution is 0.462. The lowest BCUT2D eigenvalue weighted by atomic mass is 9.95. The zero-order valence-electron chi connectivity index (χ0n) is 14.4. The Morgan fingerprint density at radius 3 is 2.71 bits per heavy atom. The molecule has 1 fully saturated rings. The Balaban J connectivity index is 1.67. The topological polar surface area (TPSA) is 53.6 Å². The Labute approximate surface area is 142 Å². The summed E-state index contributed by atoms with van der Waals surface area (Å²) in [4.78, 5) is 12.5. The van der Waals surface area contributed by atoms with E-state index >= 15 is 0 Å². The number of hydrogen-bond donors (Lipinski definition) is 2. The summed E-state index contributed by atoms with van der Waals surface area (Å²) < 4.78 is 0. The van der Waals surface area contributed by atoms with Crippen LogP contribution in [0.3, 0.4) is 0 Å². The largest absolute Gasteiger partial charge is 0.367 e. The molecule has 24 heavy (non-hydrogen) atoms. The van der Waals surface area contributed by atoms with Gasteiger partial charge in [0, 0.05) is 46.8 Å². The lowest BCUT2D eigenvalue weighted by Crippen LogP contribution is -2.22. The highest BCUT2D eigenvalue weighted by Gasteiger charge is 2.15. The van der Waals surface area contributed by atoms with Crippen LogP contribution in [0.1, 0.15) is 43.4 Å². The minimum atomic E-state index is 0.571. The number of nitrogens with zero attached hydrogens (tertiary/aromatic N) is 2. The van der Waals surface area contributed by atoms with Gasteiger partial charge in [0.2, 0.25) is 0 Å². The number of anilines is 1. The van der Waals surface area contributed by atoms with Gasteiger partial charge in [-0.15, -0.1) is 0 Å². The average molecular weight is 320 g/mol. The number of H-pyrrole nitrogens is 1. The summed E-state index contributed by atoms with van der Waals surface area (Å²) in [5.41, 5.74) is 5.76. The van der Waals surface area contributed by atoms with Crippen molar-refractivity contribution in [3.05, 3.63) is 41.9 Å². The van der Waals surface area contributed by atoms with Gasteiger partial charge in [-0.2, -0.15) is 0 Å². The predicted octanol–water partition coefficient (Wildman–Crippen LogP) is 4.99. The van der Waals surface area contributed by atoms with Crippen LogP contribution in [-0.4, -0.2) is 21.0 Å². The zero-order valence-corrected chi connectivity index (χ0v) is 14.4. The highest BCUT2D eigenvalue weighted by Crippen LogP contribution is 2.31. The summed E-state index contributed by atoms with van der Waals surface area (Å²) in [5, 5.41) is 4.80. The normalized spacial score (nSPS) is 15.8. The van der Waals surface area contributed by atoms with Gasteiger partial charge >= 0.3 is 0 Å². The van der Waals surface area contributed by atoms with Crippen molar-refractivity contribution in [2.24, 2.45) is 0 Å². The van der Waals surface area contributed by atoms with Crippen molar-refractivity contribution in [2.75, 3.05) is 5.32 Å². The monoisotopic (exact) mass is 320 g/mol. The molecular weight excluding hydrogens is 296 g/mol. The maximum atomic E-state index is 4.64. The van der Waals surface area contributed by atoms with E-state index in [1.54, 1.807) is 0 Å². The highest BCUT2D eigenvalue weighted by molar-refractivity contribution is 5.91. The molecule has 0 bridgehead atoms. The summed E-state index contributed by atoms with van der Waals surface area (Å²) >= 11 is 0. The maximum absolute atomic E-state index is 4.64. The fraction of sp³-hybridized carbons (Fsp3) is 0.400. The SMILES string of the molecule is Cc1cc(-c2[nH]c3cc(NC4CCCCC4)ncc3c2C)ccn1. The first-order valence-corrected chi connectivity index (χ1v) is 8.88. The molecule has 0 aromatic carbocycles. The zero-order chi connectivity index (χ0) is 16.5. The minimum absolute atomic E-state index is 0.571. The Morgan fingerprint density at radius 2 is 1.92 bits per heavy atom. The first kappa shape index (κ1) is 15.2. The Kier molecular flexibility index (Phi) is 3.97. The van der Waals surface area contributed by atoms with E-state index in [0.717, 1.165) is 22.7 Å². The van der Waals surface area contributed by atoms with Gasteiger partial charge < -0.3 is 10.3 Å². The van der Waals surface area contributed by atoms with Crippen LogP contribution in [0.25, 0.3) is 22.2 Å². The molecule has 3 aromatic heterocycles. The number of fused-ring (bicyclic) bond motifs is 1. The fourth-order valence-corrected chi connectivity index (χ4v) is 3.75. The molecule has 0 spiro atoms. The second kappa shape index (κ2) is 6.27. The molecule has 1 aliphatic rings. The highest BCUT2D eigenvalue weighted by atomic mass is 15.0. The van der Waals surface area contributed by atoms with E-state index in [1.165, 1.54) is 48.6 Å². The van der Waals surface area contributed by atoms with Crippen LogP contribution in [0.2, 0.25) is 0 Å². The van der Waals surface area contributed by atoms with Gasteiger partial charge in [-0.3, -0.25) is 4.98 Å². The molecule has 2 N–H and O–H groups in total. The molecule has 1 saturated carbocycles. The van der Waals surface area contributed by atoms with E-state index in [1.807, 2.05) is 19.3 Å². The number of nitrogens with one attached hydrogen (secondary N) is 2. The third-order valence-electron chi connectivity index (χ3n) is 5.09. The second-order valence-electron chi connectivity index (χ2n) is 6.91. The van der Waals surface area contributed by atoms with Gasteiger partial charge in [-0.1, -0.05) is 19.3 Å². The Morgan fingerprint density at radius 1 is 1.08 bits per heavy atom. The maximum Gasteiger partial charge on any atom is 0.128 e. The third-order valence-corrected chi connectivity index (χ3v) is 5.09. The number of hydrogen-bond acceptors (Lipinski definition) is 3. The Bertz CT molecular complexity index is 859. The van der Waals surface area contributed by atoms with Crippen LogP contribution >= 0.6 is 0 Å². The molecule has 1 aliphatic carbocycles. The van der Waals surface area contributed by atoms with Crippen molar-refractivity contribution in [3.63, 3.8) is 0 Å². The van der Waals surface area contributed by atoms with Gasteiger partial charge in [-0.05, 0) is 44.4 Å². The molecule has 0 radical (unpaired) electrons. The molecule has 0 amide bonds. The molecule has 0 saturated heterocycles. The first-order chi connectivity index (χ1) is 11.7. The van der Waals surface area contributed by atoms with E-state index in [9.17, 15) is 0 Å². The van der Waals surface area contributed by atoms with Crippen LogP contribution in [0.15, 0.2) is 30.6 Å². The molecule has 124 valence electrons. The van der Waals surface area contributed by atoms with Crippen molar-refractivity contribution in [3.8, 4) is 11.3 Å². The van der Waals surface area contributed by atoms with Crippen LogP contribution in [0, 0.1) is 13.8 Å². The molecule has 4 nitrogen and oxygen atoms in total. The lowest BCUT2D eigenvalue weighted by Gasteiger charge is -2.23. The molecule has 0 unspecified atom stereocenters. The summed E-state index contributed by atoms with van der Waals surface area (Å²) in [5.74, 6) is 0.980. The second-order valence-corrected chi connectivity index (χ2v) is 6.91. The number of aromatic amines is 1. The molecule has 3 aromatic rings. The molecule has 3 heterocycles. The quantitative estimate of drug-likeness (QED) is 0.715. The van der Waals surface area contributed by atoms with Gasteiger partial charge in [0.25, 0.3) is 0 Å². The van der Waals surface area contributed by atoms with Gasteiger partial charge in [0.05, 0.1) is 5.52 Å². The van der Waals surface area contributed by atoms with Crippen LogP contribution < -0.4 is 5.32 Å². The van der Waals surface area contributed by atoms with Crippen LogP contribution in [-0.2, 0) is 0 Å². The number of aromatic nitrogens is 3. The van der Waals surface area contributed by atoms with Crippen LogP contribution in [0.4, 0.5) is 5.82 Å². The van der Waals surface area contributed by atoms with Crippen molar-refractivity contribution < 1.29 is 0 Å². The van der Waals surface area contributed by atoms with E-state index in [4.69, 9.17) is 0 Å². The summed E-state index contributed by atoms with van der Waals surface area (Å²) in [6.45, 7) is 4.18. The van der Waals surface area contributed by atoms with Crippen LogP contribution in [0.5, 0.6) is 0 Å². The van der Waals surface area contributed by atoms with E-state index in [2.05, 4.69) is 45.4 Å². The Hall–Kier alpha value is -2.36. The van der Waals surface area contributed by atoms with Crippen molar-refractivity contribution in [2.45, 2.75) is 52.0 Å². The van der Waals surface area contributed by atoms with Crippen molar-refractivity contribution >= 4 is 16.7 Å². The van der Waals surface area contributed by atoms with Crippen molar-refractivity contribution in [1.29, 1.82) is 0 Å².